The van der Waals surface area contributed by atoms with Gasteiger partial charge in [0.25, 0.3) is 0 Å². The van der Waals surface area contributed by atoms with E-state index in [1.54, 1.807) is 6.07 Å². The second-order valence-electron chi connectivity index (χ2n) is 4.52. The standard InChI is InChI=1S/C17H15N3/c18-16-7-4-8-17(20-16)19-15-11-9-14(10-12-15)13-5-2-1-3-6-13/h1-12H,(H3,18,19,20). The molecule has 2 aromatic carbocycles. The molecule has 0 bridgehead atoms. The van der Waals surface area contributed by atoms with Gasteiger partial charge in [-0.15, -0.1) is 0 Å². The fourth-order valence-electron chi connectivity index (χ4n) is 2.05. The highest BCUT2D eigenvalue weighted by Crippen LogP contribution is 2.22. The van der Waals surface area contributed by atoms with Crippen LogP contribution in [-0.2, 0) is 0 Å². The van der Waals surface area contributed by atoms with Crippen molar-refractivity contribution in [2.75, 3.05) is 11.1 Å². The van der Waals surface area contributed by atoms with E-state index in [-0.39, 0.29) is 0 Å². The normalized spacial score (nSPS) is 10.2. The number of aromatic nitrogens is 1. The van der Waals surface area contributed by atoms with E-state index in [1.165, 1.54) is 11.1 Å². The van der Waals surface area contributed by atoms with Crippen molar-refractivity contribution < 1.29 is 0 Å². The molecule has 0 aliphatic heterocycles. The molecule has 3 N–H and O–H groups in total. The van der Waals surface area contributed by atoms with Crippen LogP contribution in [0.2, 0.25) is 0 Å². The van der Waals surface area contributed by atoms with Crippen LogP contribution >= 0.6 is 0 Å². The lowest BCUT2D eigenvalue weighted by molar-refractivity contribution is 1.32. The van der Waals surface area contributed by atoms with E-state index in [9.17, 15) is 0 Å². The molecule has 0 aliphatic carbocycles. The molecule has 0 fully saturated rings. The summed E-state index contributed by atoms with van der Waals surface area (Å²) in [4.78, 5) is 4.22. The van der Waals surface area contributed by atoms with Crippen LogP contribution in [-0.4, -0.2) is 4.98 Å². The van der Waals surface area contributed by atoms with Crippen molar-refractivity contribution in [1.82, 2.24) is 4.98 Å². The Balaban J connectivity index is 1.80. The number of hydrogen-bond acceptors (Lipinski definition) is 3. The molecule has 1 aromatic heterocycles. The minimum atomic E-state index is 0.510. The quantitative estimate of drug-likeness (QED) is 0.747. The zero-order valence-corrected chi connectivity index (χ0v) is 11.0. The van der Waals surface area contributed by atoms with Crippen molar-refractivity contribution in [2.45, 2.75) is 0 Å². The Kier molecular flexibility index (Phi) is 3.33. The minimum Gasteiger partial charge on any atom is -0.384 e. The summed E-state index contributed by atoms with van der Waals surface area (Å²) in [5.41, 5.74) is 9.05. The molecule has 1 heterocycles. The number of hydrogen-bond donors (Lipinski definition) is 2. The van der Waals surface area contributed by atoms with Gasteiger partial charge in [-0.3, -0.25) is 0 Å². The molecule has 0 aliphatic rings. The molecule has 0 spiro atoms. The first-order chi connectivity index (χ1) is 9.81. The molecule has 0 radical (unpaired) electrons. The highest BCUT2D eigenvalue weighted by molar-refractivity contribution is 5.67. The summed E-state index contributed by atoms with van der Waals surface area (Å²) in [6.45, 7) is 0. The van der Waals surface area contributed by atoms with Crippen molar-refractivity contribution in [3.05, 3.63) is 72.8 Å². The maximum atomic E-state index is 5.66. The van der Waals surface area contributed by atoms with Crippen LogP contribution in [0.25, 0.3) is 11.1 Å². The third-order valence-electron chi connectivity index (χ3n) is 3.04. The van der Waals surface area contributed by atoms with Crippen LogP contribution in [0, 0.1) is 0 Å². The molecule has 0 unspecified atom stereocenters. The molecule has 0 atom stereocenters. The molecule has 3 nitrogen and oxygen atoms in total. The Morgan fingerprint density at radius 3 is 2.10 bits per heavy atom. The Labute approximate surface area is 118 Å². The van der Waals surface area contributed by atoms with Crippen LogP contribution in [0.4, 0.5) is 17.3 Å². The van der Waals surface area contributed by atoms with E-state index < -0.39 is 0 Å². The van der Waals surface area contributed by atoms with Crippen LogP contribution in [0.1, 0.15) is 0 Å². The molecule has 3 heteroatoms. The van der Waals surface area contributed by atoms with Crippen LogP contribution < -0.4 is 11.1 Å². The molecule has 0 amide bonds. The maximum absolute atomic E-state index is 5.66. The van der Waals surface area contributed by atoms with Gasteiger partial charge in [0.15, 0.2) is 0 Å². The van der Waals surface area contributed by atoms with Crippen LogP contribution in [0.3, 0.4) is 0 Å². The predicted molar refractivity (Wildman–Crippen MR) is 83.8 cm³/mol. The Morgan fingerprint density at radius 2 is 1.40 bits per heavy atom. The van der Waals surface area contributed by atoms with E-state index in [1.807, 2.05) is 42.5 Å². The van der Waals surface area contributed by atoms with E-state index in [2.05, 4.69) is 34.6 Å². The van der Waals surface area contributed by atoms with Gasteiger partial charge in [0.2, 0.25) is 0 Å². The molecule has 20 heavy (non-hydrogen) atoms. The zero-order chi connectivity index (χ0) is 13.8. The number of benzene rings is 2. The highest BCUT2D eigenvalue weighted by Gasteiger charge is 1.99. The first-order valence-electron chi connectivity index (χ1n) is 6.46. The van der Waals surface area contributed by atoms with Gasteiger partial charge in [-0.05, 0) is 35.4 Å². The number of anilines is 3. The van der Waals surface area contributed by atoms with Crippen molar-refractivity contribution in [3.8, 4) is 11.1 Å². The second kappa shape index (κ2) is 5.45. The van der Waals surface area contributed by atoms with E-state index in [4.69, 9.17) is 5.73 Å². The van der Waals surface area contributed by atoms with E-state index in [0.29, 0.717) is 5.82 Å². The summed E-state index contributed by atoms with van der Waals surface area (Å²) in [5.74, 6) is 1.26. The number of rotatable bonds is 3. The summed E-state index contributed by atoms with van der Waals surface area (Å²) in [5, 5.41) is 3.23. The van der Waals surface area contributed by atoms with Crippen molar-refractivity contribution in [2.24, 2.45) is 0 Å². The molecular weight excluding hydrogens is 246 g/mol. The van der Waals surface area contributed by atoms with Gasteiger partial charge in [-0.1, -0.05) is 48.5 Å². The van der Waals surface area contributed by atoms with Gasteiger partial charge in [0.1, 0.15) is 11.6 Å². The second-order valence-corrected chi connectivity index (χ2v) is 4.52. The number of pyridine rings is 1. The fraction of sp³-hybridized carbons (Fsp3) is 0. The first-order valence-corrected chi connectivity index (χ1v) is 6.46. The minimum absolute atomic E-state index is 0.510. The van der Waals surface area contributed by atoms with Gasteiger partial charge in [-0.2, -0.15) is 0 Å². The third kappa shape index (κ3) is 2.78. The Hall–Kier alpha value is -2.81. The highest BCUT2D eigenvalue weighted by atomic mass is 15.0. The lowest BCUT2D eigenvalue weighted by Gasteiger charge is -2.07. The molecular formula is C17H15N3. The number of nitrogens with one attached hydrogen (secondary N) is 1. The molecule has 3 aromatic rings. The summed E-state index contributed by atoms with van der Waals surface area (Å²) in [7, 11) is 0. The SMILES string of the molecule is Nc1cccc(Nc2ccc(-c3ccccc3)cc2)n1. The molecule has 3 rings (SSSR count). The number of nitrogens with two attached hydrogens (primary N) is 1. The molecule has 0 saturated heterocycles. The zero-order valence-electron chi connectivity index (χ0n) is 11.0. The van der Waals surface area contributed by atoms with Crippen molar-refractivity contribution in [1.29, 1.82) is 0 Å². The number of nitrogens with zero attached hydrogens (tertiary/aromatic N) is 1. The Bertz CT molecular complexity index is 691. The van der Waals surface area contributed by atoms with Gasteiger partial charge < -0.3 is 11.1 Å². The number of nitrogen functional groups attached to an aromatic ring is 1. The topological polar surface area (TPSA) is 50.9 Å². The molecule has 98 valence electrons. The average Bonchev–Trinajstić information content (AvgIpc) is 2.49. The van der Waals surface area contributed by atoms with Gasteiger partial charge >= 0.3 is 0 Å². The van der Waals surface area contributed by atoms with E-state index >= 15 is 0 Å². The first kappa shape index (κ1) is 12.2. The van der Waals surface area contributed by atoms with E-state index in [0.717, 1.165) is 11.5 Å². The largest absolute Gasteiger partial charge is 0.384 e. The third-order valence-corrected chi connectivity index (χ3v) is 3.04. The van der Waals surface area contributed by atoms with Crippen molar-refractivity contribution in [3.63, 3.8) is 0 Å². The summed E-state index contributed by atoms with van der Waals surface area (Å²) < 4.78 is 0. The summed E-state index contributed by atoms with van der Waals surface area (Å²) in [6.07, 6.45) is 0. The monoisotopic (exact) mass is 261 g/mol. The van der Waals surface area contributed by atoms with Crippen molar-refractivity contribution >= 4 is 17.3 Å². The lowest BCUT2D eigenvalue weighted by Crippen LogP contribution is -1.96. The Morgan fingerprint density at radius 1 is 0.700 bits per heavy atom. The van der Waals surface area contributed by atoms with Gasteiger partial charge in [0.05, 0.1) is 0 Å². The lowest BCUT2D eigenvalue weighted by atomic mass is 10.1. The fourth-order valence-corrected chi connectivity index (χ4v) is 2.05. The van der Waals surface area contributed by atoms with Crippen LogP contribution in [0.15, 0.2) is 72.8 Å². The molecule has 0 saturated carbocycles. The summed E-state index contributed by atoms with van der Waals surface area (Å²) >= 11 is 0. The predicted octanol–water partition coefficient (Wildman–Crippen LogP) is 4.07. The van der Waals surface area contributed by atoms with Gasteiger partial charge in [0, 0.05) is 5.69 Å². The van der Waals surface area contributed by atoms with Gasteiger partial charge in [-0.25, -0.2) is 4.98 Å². The average molecular weight is 261 g/mol. The summed E-state index contributed by atoms with van der Waals surface area (Å²) in [6, 6.07) is 24.1. The van der Waals surface area contributed by atoms with Crippen LogP contribution in [0.5, 0.6) is 0 Å². The maximum Gasteiger partial charge on any atom is 0.132 e. The smallest absolute Gasteiger partial charge is 0.132 e.